The van der Waals surface area contributed by atoms with Gasteiger partial charge < -0.3 is 9.47 Å². The molecule has 0 amide bonds. The van der Waals surface area contributed by atoms with Gasteiger partial charge in [-0.15, -0.1) is 0 Å². The molecule has 5 nitrogen and oxygen atoms in total. The van der Waals surface area contributed by atoms with Gasteiger partial charge in [0.15, 0.2) is 5.69 Å². The zero-order chi connectivity index (χ0) is 10.6. The summed E-state index contributed by atoms with van der Waals surface area (Å²) in [5.74, 6) is -0.662. The molecule has 6 heteroatoms. The zero-order valence-electron chi connectivity index (χ0n) is 7.19. The van der Waals surface area contributed by atoms with E-state index >= 15 is 0 Å². The van der Waals surface area contributed by atoms with Gasteiger partial charge in [-0.2, -0.15) is 0 Å². The van der Waals surface area contributed by atoms with Crippen molar-refractivity contribution in [3.8, 4) is 5.88 Å². The predicted octanol–water partition coefficient (Wildman–Crippen LogP) is 1.61. The van der Waals surface area contributed by atoms with Crippen LogP contribution in [0.1, 0.15) is 10.5 Å². The van der Waals surface area contributed by atoms with Crippen LogP contribution in [0, 0.1) is 0 Å². The topological polar surface area (TPSA) is 65.5 Å². The minimum atomic E-state index is -1.01. The highest BCUT2D eigenvalue weighted by Crippen LogP contribution is 2.09. The van der Waals surface area contributed by atoms with Crippen molar-refractivity contribution in [3.63, 3.8) is 0 Å². The summed E-state index contributed by atoms with van der Waals surface area (Å²) in [7, 11) is 1.23. The second-order valence-corrected chi connectivity index (χ2v) is 2.50. The molecule has 1 rings (SSSR count). The summed E-state index contributed by atoms with van der Waals surface area (Å²) >= 11 is 4.96. The number of methoxy groups -OCH3 is 1. The first-order valence-electron chi connectivity index (χ1n) is 3.56. The third-order valence-electron chi connectivity index (χ3n) is 1.30. The van der Waals surface area contributed by atoms with Gasteiger partial charge in [0.2, 0.25) is 5.88 Å². The summed E-state index contributed by atoms with van der Waals surface area (Å²) in [6.45, 7) is 0. The predicted molar refractivity (Wildman–Crippen MR) is 47.5 cm³/mol. The largest absolute Gasteiger partial charge is 0.464 e. The molecule has 74 valence electrons. The van der Waals surface area contributed by atoms with Gasteiger partial charge in [0.05, 0.1) is 7.11 Å². The first-order valence-corrected chi connectivity index (χ1v) is 3.94. The highest BCUT2D eigenvalue weighted by molar-refractivity contribution is 6.61. The molecule has 0 atom stereocenters. The quantitative estimate of drug-likeness (QED) is 0.554. The molecule has 1 aromatic heterocycles. The lowest BCUT2D eigenvalue weighted by Crippen LogP contribution is -2.06. The molecule has 0 unspecified atom stereocenters. The van der Waals surface area contributed by atoms with Gasteiger partial charge >= 0.3 is 11.4 Å². The lowest BCUT2D eigenvalue weighted by molar-refractivity contribution is 0.0593. The molecule has 1 heterocycles. The number of rotatable bonds is 2. The monoisotopic (exact) mass is 215 g/mol. The average molecular weight is 216 g/mol. The molecule has 0 saturated carbocycles. The van der Waals surface area contributed by atoms with Gasteiger partial charge in [-0.25, -0.2) is 14.6 Å². The van der Waals surface area contributed by atoms with Gasteiger partial charge in [-0.05, 0) is 6.07 Å². The fourth-order valence-electron chi connectivity index (χ4n) is 0.772. The molecule has 14 heavy (non-hydrogen) atoms. The van der Waals surface area contributed by atoms with Crippen molar-refractivity contribution in [1.82, 2.24) is 4.98 Å². The Hall–Kier alpha value is -1.62. The minimum Gasteiger partial charge on any atom is -0.464 e. The van der Waals surface area contributed by atoms with Gasteiger partial charge in [0, 0.05) is 17.7 Å². The maximum Gasteiger partial charge on any atom is 0.410 e. The van der Waals surface area contributed by atoms with E-state index in [9.17, 15) is 9.59 Å². The van der Waals surface area contributed by atoms with Crippen molar-refractivity contribution in [2.24, 2.45) is 0 Å². The van der Waals surface area contributed by atoms with E-state index in [1.165, 1.54) is 25.3 Å². The van der Waals surface area contributed by atoms with Crippen molar-refractivity contribution in [3.05, 3.63) is 23.9 Å². The van der Waals surface area contributed by atoms with E-state index in [1.54, 1.807) is 0 Å². The lowest BCUT2D eigenvalue weighted by atomic mass is 10.3. The Kier molecular flexibility index (Phi) is 3.41. The molecule has 0 aliphatic rings. The Balaban J connectivity index is 2.89. The third kappa shape index (κ3) is 2.70. The van der Waals surface area contributed by atoms with Crippen molar-refractivity contribution in [1.29, 1.82) is 0 Å². The van der Waals surface area contributed by atoms with Crippen LogP contribution in [0.3, 0.4) is 0 Å². The van der Waals surface area contributed by atoms with E-state index in [0.717, 1.165) is 0 Å². The summed E-state index contributed by atoms with van der Waals surface area (Å²) in [4.78, 5) is 25.0. The Morgan fingerprint density at radius 2 is 2.14 bits per heavy atom. The number of halogens is 1. The molecular weight excluding hydrogens is 210 g/mol. The Morgan fingerprint density at radius 1 is 1.43 bits per heavy atom. The molecule has 0 aromatic carbocycles. The first kappa shape index (κ1) is 10.5. The summed E-state index contributed by atoms with van der Waals surface area (Å²) in [6.07, 6.45) is 0. The first-order chi connectivity index (χ1) is 6.63. The third-order valence-corrected chi connectivity index (χ3v) is 1.38. The molecule has 0 radical (unpaired) electrons. The molecular formula is C8H6ClNO4. The number of hydrogen-bond acceptors (Lipinski definition) is 5. The van der Waals surface area contributed by atoms with Crippen molar-refractivity contribution in [2.45, 2.75) is 0 Å². The van der Waals surface area contributed by atoms with Gasteiger partial charge in [-0.1, -0.05) is 6.07 Å². The minimum absolute atomic E-state index is 0.0444. The summed E-state index contributed by atoms with van der Waals surface area (Å²) in [6, 6.07) is 4.32. The van der Waals surface area contributed by atoms with Crippen LogP contribution in [0.15, 0.2) is 18.2 Å². The number of esters is 1. The average Bonchev–Trinajstić information content (AvgIpc) is 2.16. The van der Waals surface area contributed by atoms with Crippen molar-refractivity contribution < 1.29 is 19.1 Å². The fourth-order valence-corrected chi connectivity index (χ4v) is 0.851. The number of ether oxygens (including phenoxy) is 2. The maximum absolute atomic E-state index is 11.0. The van der Waals surface area contributed by atoms with Crippen LogP contribution in [0.25, 0.3) is 0 Å². The number of carbonyl (C=O) groups is 2. The van der Waals surface area contributed by atoms with Crippen molar-refractivity contribution >= 4 is 23.0 Å². The van der Waals surface area contributed by atoms with Gasteiger partial charge in [0.1, 0.15) is 0 Å². The molecule has 0 fully saturated rings. The highest BCUT2D eigenvalue weighted by Gasteiger charge is 2.09. The molecule has 1 aromatic rings. The molecule has 0 bridgehead atoms. The van der Waals surface area contributed by atoms with Crippen LogP contribution in [0.5, 0.6) is 5.88 Å². The second-order valence-electron chi connectivity index (χ2n) is 2.19. The Bertz CT molecular complexity index is 366. The standard InChI is InChI=1S/C8H6ClNO4/c1-13-7(11)5-3-2-4-6(10-5)14-8(9)12/h2-4H,1H3. The normalized spacial score (nSPS) is 9.29. The van der Waals surface area contributed by atoms with Crippen LogP contribution in [0.2, 0.25) is 0 Å². The van der Waals surface area contributed by atoms with Crippen molar-refractivity contribution in [2.75, 3.05) is 7.11 Å². The number of pyridine rings is 1. The number of carbonyl (C=O) groups excluding carboxylic acids is 2. The van der Waals surface area contributed by atoms with Crippen LogP contribution in [0.4, 0.5) is 4.79 Å². The molecule has 0 aliphatic carbocycles. The molecule has 0 aliphatic heterocycles. The van der Waals surface area contributed by atoms with E-state index in [4.69, 9.17) is 11.6 Å². The fraction of sp³-hybridized carbons (Fsp3) is 0.125. The van der Waals surface area contributed by atoms with E-state index in [1.807, 2.05) is 0 Å². The second kappa shape index (κ2) is 4.57. The van der Waals surface area contributed by atoms with Gasteiger partial charge in [0.25, 0.3) is 0 Å². The number of hydrogen-bond donors (Lipinski definition) is 0. The summed E-state index contributed by atoms with van der Waals surface area (Å²) in [5, 5.41) is 0. The summed E-state index contributed by atoms with van der Waals surface area (Å²) < 4.78 is 8.88. The van der Waals surface area contributed by atoms with Gasteiger partial charge in [-0.3, -0.25) is 0 Å². The van der Waals surface area contributed by atoms with Crippen LogP contribution >= 0.6 is 11.6 Å². The van der Waals surface area contributed by atoms with Crippen LogP contribution in [-0.4, -0.2) is 23.5 Å². The SMILES string of the molecule is COC(=O)c1cccc(OC(=O)Cl)n1. The Labute approximate surface area is 84.6 Å². The molecule has 0 N–H and O–H groups in total. The Morgan fingerprint density at radius 3 is 2.71 bits per heavy atom. The lowest BCUT2D eigenvalue weighted by Gasteiger charge is -2.00. The zero-order valence-corrected chi connectivity index (χ0v) is 7.95. The van der Waals surface area contributed by atoms with E-state index in [0.29, 0.717) is 0 Å². The number of nitrogens with zero attached hydrogens (tertiary/aromatic N) is 1. The smallest absolute Gasteiger partial charge is 0.410 e. The highest BCUT2D eigenvalue weighted by atomic mass is 35.5. The molecule has 0 spiro atoms. The summed E-state index contributed by atoms with van der Waals surface area (Å²) in [5.41, 5.74) is -0.970. The van der Waals surface area contributed by atoms with Crippen LogP contribution in [-0.2, 0) is 4.74 Å². The number of aromatic nitrogens is 1. The maximum atomic E-state index is 11.0. The van der Waals surface area contributed by atoms with E-state index in [2.05, 4.69) is 14.5 Å². The molecule has 0 saturated heterocycles. The van der Waals surface area contributed by atoms with E-state index < -0.39 is 11.4 Å². The van der Waals surface area contributed by atoms with Crippen LogP contribution < -0.4 is 4.74 Å². The van der Waals surface area contributed by atoms with E-state index in [-0.39, 0.29) is 11.6 Å².